The minimum atomic E-state index is 0.866. The molecule has 0 fully saturated rings. The van der Waals surface area contributed by atoms with Gasteiger partial charge in [0.15, 0.2) is 0 Å². The summed E-state index contributed by atoms with van der Waals surface area (Å²) in [6, 6.07) is 6.25. The number of benzene rings is 1. The van der Waals surface area contributed by atoms with Crippen LogP contribution in [0.25, 0.3) is 10.9 Å². The van der Waals surface area contributed by atoms with Gasteiger partial charge in [-0.25, -0.2) is 0 Å². The van der Waals surface area contributed by atoms with Crippen molar-refractivity contribution in [1.29, 1.82) is 0 Å². The van der Waals surface area contributed by atoms with Gasteiger partial charge in [-0.3, -0.25) is 0 Å². The highest BCUT2D eigenvalue weighted by Gasteiger charge is 2.17. The van der Waals surface area contributed by atoms with Gasteiger partial charge >= 0.3 is 0 Å². The molecular weight excluding hydrogens is 275 g/mol. The predicted octanol–water partition coefficient (Wildman–Crippen LogP) is 3.16. The van der Waals surface area contributed by atoms with Crippen LogP contribution in [-0.2, 0) is 13.1 Å². The van der Waals surface area contributed by atoms with E-state index in [9.17, 15) is 0 Å². The number of nitrogens with zero attached hydrogens (tertiary/aromatic N) is 1. The predicted molar refractivity (Wildman–Crippen MR) is 66.4 cm³/mol. The molecule has 0 amide bonds. The molecule has 1 aromatic heterocycles. The molecule has 15 heavy (non-hydrogen) atoms. The third-order valence-electron chi connectivity index (χ3n) is 2.87. The summed E-state index contributed by atoms with van der Waals surface area (Å²) in [7, 11) is 0. The van der Waals surface area contributed by atoms with Crippen LogP contribution in [0.4, 0.5) is 0 Å². The van der Waals surface area contributed by atoms with E-state index in [1.807, 2.05) is 6.07 Å². The largest absolute Gasteiger partial charge is 0.341 e. The molecule has 3 rings (SSSR count). The van der Waals surface area contributed by atoms with Crippen molar-refractivity contribution < 1.29 is 0 Å². The van der Waals surface area contributed by atoms with Crippen LogP contribution in [0, 0.1) is 0 Å². The maximum atomic E-state index is 6.35. The molecule has 0 aliphatic carbocycles. The summed E-state index contributed by atoms with van der Waals surface area (Å²) < 4.78 is 3.41. The molecule has 0 bridgehead atoms. The first-order chi connectivity index (χ1) is 7.27. The topological polar surface area (TPSA) is 17.0 Å². The lowest BCUT2D eigenvalue weighted by Crippen LogP contribution is -2.27. The number of halogens is 2. The molecule has 2 aromatic rings. The van der Waals surface area contributed by atoms with Crippen LogP contribution in [0.3, 0.4) is 0 Å². The standard InChI is InChI=1S/C11H10BrClN2/c12-7-1-2-8-9(5-7)15-4-3-14-6-10(15)11(8)13/h1-2,5,14H,3-4,6H2. The van der Waals surface area contributed by atoms with Gasteiger partial charge in [-0.1, -0.05) is 33.6 Å². The molecule has 0 radical (unpaired) electrons. The molecule has 1 aliphatic heterocycles. The maximum Gasteiger partial charge on any atom is 0.0707 e. The van der Waals surface area contributed by atoms with Crippen LogP contribution in [-0.4, -0.2) is 11.1 Å². The Morgan fingerprint density at radius 3 is 3.13 bits per heavy atom. The zero-order chi connectivity index (χ0) is 10.4. The second-order valence-electron chi connectivity index (χ2n) is 3.75. The molecule has 0 saturated carbocycles. The van der Waals surface area contributed by atoms with Crippen molar-refractivity contribution in [2.45, 2.75) is 13.1 Å². The Balaban J connectivity index is 2.39. The average Bonchev–Trinajstić information content (AvgIpc) is 2.54. The summed E-state index contributed by atoms with van der Waals surface area (Å²) in [5, 5.41) is 5.39. The Labute approximate surface area is 101 Å². The van der Waals surface area contributed by atoms with Crippen molar-refractivity contribution in [3.63, 3.8) is 0 Å². The summed E-state index contributed by atoms with van der Waals surface area (Å²) in [5.74, 6) is 0. The summed E-state index contributed by atoms with van der Waals surface area (Å²) in [6.07, 6.45) is 0. The third kappa shape index (κ3) is 1.41. The molecule has 0 saturated heterocycles. The monoisotopic (exact) mass is 284 g/mol. The second-order valence-corrected chi connectivity index (χ2v) is 5.04. The highest BCUT2D eigenvalue weighted by Crippen LogP contribution is 2.33. The van der Waals surface area contributed by atoms with E-state index < -0.39 is 0 Å². The van der Waals surface area contributed by atoms with Gasteiger partial charge in [-0.05, 0) is 12.1 Å². The minimum Gasteiger partial charge on any atom is -0.341 e. The smallest absolute Gasteiger partial charge is 0.0707 e. The van der Waals surface area contributed by atoms with Crippen LogP contribution < -0.4 is 5.32 Å². The lowest BCUT2D eigenvalue weighted by atomic mass is 10.2. The van der Waals surface area contributed by atoms with Gasteiger partial charge in [0.05, 0.1) is 16.2 Å². The number of nitrogens with one attached hydrogen (secondary N) is 1. The lowest BCUT2D eigenvalue weighted by Gasteiger charge is -2.17. The summed E-state index contributed by atoms with van der Waals surface area (Å²) >= 11 is 9.85. The van der Waals surface area contributed by atoms with E-state index in [0.29, 0.717) is 0 Å². The molecule has 0 atom stereocenters. The fourth-order valence-electron chi connectivity index (χ4n) is 2.16. The Morgan fingerprint density at radius 1 is 1.40 bits per heavy atom. The van der Waals surface area contributed by atoms with Crippen LogP contribution >= 0.6 is 27.5 Å². The van der Waals surface area contributed by atoms with E-state index in [4.69, 9.17) is 11.6 Å². The van der Waals surface area contributed by atoms with Crippen LogP contribution in [0.15, 0.2) is 22.7 Å². The molecule has 0 unspecified atom stereocenters. The first-order valence-electron chi connectivity index (χ1n) is 4.94. The van der Waals surface area contributed by atoms with Gasteiger partial charge in [0, 0.05) is 29.5 Å². The number of hydrogen-bond acceptors (Lipinski definition) is 1. The fourth-order valence-corrected chi connectivity index (χ4v) is 2.84. The van der Waals surface area contributed by atoms with Crippen LogP contribution in [0.1, 0.15) is 5.69 Å². The molecule has 2 nitrogen and oxygen atoms in total. The van der Waals surface area contributed by atoms with Gasteiger partial charge in [-0.2, -0.15) is 0 Å². The SMILES string of the molecule is Clc1c2n(c3cc(Br)ccc13)CCNC2. The highest BCUT2D eigenvalue weighted by molar-refractivity contribution is 9.10. The molecule has 1 aliphatic rings. The normalized spacial score (nSPS) is 15.6. The van der Waals surface area contributed by atoms with Gasteiger partial charge < -0.3 is 9.88 Å². The van der Waals surface area contributed by atoms with Crippen molar-refractivity contribution in [3.8, 4) is 0 Å². The fraction of sp³-hybridized carbons (Fsp3) is 0.273. The van der Waals surface area contributed by atoms with Crippen molar-refractivity contribution in [1.82, 2.24) is 9.88 Å². The number of fused-ring (bicyclic) bond motifs is 3. The van der Waals surface area contributed by atoms with E-state index in [2.05, 4.69) is 37.9 Å². The van der Waals surface area contributed by atoms with Crippen LogP contribution in [0.2, 0.25) is 5.02 Å². The molecule has 4 heteroatoms. The zero-order valence-electron chi connectivity index (χ0n) is 8.06. The van der Waals surface area contributed by atoms with Crippen molar-refractivity contribution in [3.05, 3.63) is 33.4 Å². The van der Waals surface area contributed by atoms with Gasteiger partial charge in [0.25, 0.3) is 0 Å². The number of rotatable bonds is 0. The Hall–Kier alpha value is -0.510. The molecule has 0 spiro atoms. The summed E-state index contributed by atoms with van der Waals surface area (Å²) in [4.78, 5) is 0. The van der Waals surface area contributed by atoms with E-state index >= 15 is 0 Å². The molecule has 78 valence electrons. The van der Waals surface area contributed by atoms with Crippen molar-refractivity contribution >= 4 is 38.4 Å². The number of hydrogen-bond donors (Lipinski definition) is 1. The van der Waals surface area contributed by atoms with E-state index in [-0.39, 0.29) is 0 Å². The zero-order valence-corrected chi connectivity index (χ0v) is 10.4. The summed E-state index contributed by atoms with van der Waals surface area (Å²) in [5.41, 5.74) is 2.43. The molecule has 2 heterocycles. The lowest BCUT2D eigenvalue weighted by molar-refractivity contribution is 0.527. The molecule has 1 N–H and O–H groups in total. The van der Waals surface area contributed by atoms with Gasteiger partial charge in [0.1, 0.15) is 0 Å². The first kappa shape index (κ1) is 9.70. The third-order valence-corrected chi connectivity index (χ3v) is 3.79. The van der Waals surface area contributed by atoms with Gasteiger partial charge in [-0.15, -0.1) is 0 Å². The van der Waals surface area contributed by atoms with Gasteiger partial charge in [0.2, 0.25) is 0 Å². The van der Waals surface area contributed by atoms with E-state index in [0.717, 1.165) is 34.5 Å². The highest BCUT2D eigenvalue weighted by atomic mass is 79.9. The summed E-state index contributed by atoms with van der Waals surface area (Å²) in [6.45, 7) is 2.87. The molecule has 1 aromatic carbocycles. The minimum absolute atomic E-state index is 0.866. The quantitative estimate of drug-likeness (QED) is 0.787. The van der Waals surface area contributed by atoms with Crippen molar-refractivity contribution in [2.75, 3.05) is 6.54 Å². The Morgan fingerprint density at radius 2 is 2.27 bits per heavy atom. The Kier molecular flexibility index (Phi) is 2.27. The van der Waals surface area contributed by atoms with E-state index in [1.165, 1.54) is 11.2 Å². The van der Waals surface area contributed by atoms with E-state index in [1.54, 1.807) is 0 Å². The second kappa shape index (κ2) is 3.51. The first-order valence-corrected chi connectivity index (χ1v) is 6.11. The van der Waals surface area contributed by atoms with Crippen molar-refractivity contribution in [2.24, 2.45) is 0 Å². The average molecular weight is 286 g/mol. The molecular formula is C11H10BrClN2. The van der Waals surface area contributed by atoms with Crippen LogP contribution in [0.5, 0.6) is 0 Å². The maximum absolute atomic E-state index is 6.35. The number of aromatic nitrogens is 1. The Bertz CT molecular complexity index is 533.